The Balaban J connectivity index is 1.84. The summed E-state index contributed by atoms with van der Waals surface area (Å²) in [7, 11) is 0. The zero-order valence-corrected chi connectivity index (χ0v) is 14.1. The average molecular weight is 280 g/mol. The lowest BCUT2D eigenvalue weighted by Crippen LogP contribution is -2.61. The molecule has 2 saturated heterocycles. The maximum atomic E-state index is 2.86. The quantitative estimate of drug-likeness (QED) is 0.642. The first-order valence-corrected chi connectivity index (χ1v) is 9.26. The van der Waals surface area contributed by atoms with Gasteiger partial charge < -0.3 is 0 Å². The van der Waals surface area contributed by atoms with Gasteiger partial charge >= 0.3 is 0 Å². The minimum absolute atomic E-state index is 0.792. The third-order valence-corrected chi connectivity index (χ3v) is 5.60. The topological polar surface area (TPSA) is 6.48 Å². The molecule has 0 N–H and O–H groups in total. The molecule has 0 aromatic carbocycles. The van der Waals surface area contributed by atoms with Gasteiger partial charge in [-0.1, -0.05) is 46.0 Å². The Kier molecular flexibility index (Phi) is 6.83. The van der Waals surface area contributed by atoms with E-state index in [4.69, 9.17) is 0 Å². The van der Waals surface area contributed by atoms with Crippen molar-refractivity contribution in [2.24, 2.45) is 0 Å². The van der Waals surface area contributed by atoms with Gasteiger partial charge in [-0.2, -0.15) is 0 Å². The second kappa shape index (κ2) is 8.38. The van der Waals surface area contributed by atoms with Crippen LogP contribution in [0.1, 0.15) is 78.6 Å². The maximum absolute atomic E-state index is 2.86. The molecule has 20 heavy (non-hydrogen) atoms. The van der Waals surface area contributed by atoms with E-state index in [1.807, 2.05) is 0 Å². The van der Waals surface area contributed by atoms with Crippen LogP contribution in [0.25, 0.3) is 0 Å². The average Bonchev–Trinajstić information content (AvgIpc) is 2.50. The van der Waals surface area contributed by atoms with Gasteiger partial charge in [0.1, 0.15) is 0 Å². The van der Waals surface area contributed by atoms with Crippen LogP contribution in [0.3, 0.4) is 0 Å². The molecule has 0 amide bonds. The van der Waals surface area contributed by atoms with Gasteiger partial charge in [0.15, 0.2) is 0 Å². The number of fused-ring (bicyclic) bond motifs is 1. The Hall–Kier alpha value is -0.0800. The summed E-state index contributed by atoms with van der Waals surface area (Å²) in [5.41, 5.74) is 0. The summed E-state index contributed by atoms with van der Waals surface area (Å²) in [5, 5.41) is 0. The molecule has 0 aromatic heterocycles. The van der Waals surface area contributed by atoms with Crippen molar-refractivity contribution in [3.05, 3.63) is 0 Å². The number of piperazine rings is 1. The lowest BCUT2D eigenvalue weighted by atomic mass is 9.93. The molecule has 2 nitrogen and oxygen atoms in total. The number of hydrogen-bond donors (Lipinski definition) is 0. The summed E-state index contributed by atoms with van der Waals surface area (Å²) in [4.78, 5) is 5.65. The normalized spacial score (nSPS) is 30.1. The first-order chi connectivity index (χ1) is 9.76. The van der Waals surface area contributed by atoms with Gasteiger partial charge in [0, 0.05) is 31.2 Å². The molecule has 2 heterocycles. The van der Waals surface area contributed by atoms with Gasteiger partial charge in [-0.05, 0) is 39.2 Å². The Morgan fingerprint density at radius 2 is 1.90 bits per heavy atom. The second-order valence-electron chi connectivity index (χ2n) is 7.10. The van der Waals surface area contributed by atoms with Crippen LogP contribution in [0.15, 0.2) is 0 Å². The van der Waals surface area contributed by atoms with E-state index in [2.05, 4.69) is 30.6 Å². The Labute approximate surface area is 126 Å². The largest absolute Gasteiger partial charge is 0.298 e. The summed E-state index contributed by atoms with van der Waals surface area (Å²) >= 11 is 0. The number of nitrogens with zero attached hydrogens (tertiary/aromatic N) is 2. The zero-order chi connectivity index (χ0) is 14.4. The van der Waals surface area contributed by atoms with Crippen LogP contribution < -0.4 is 0 Å². The minimum atomic E-state index is 0.792. The van der Waals surface area contributed by atoms with Crippen LogP contribution in [0, 0.1) is 0 Å². The minimum Gasteiger partial charge on any atom is -0.298 e. The molecule has 2 aliphatic heterocycles. The third kappa shape index (κ3) is 4.21. The third-order valence-electron chi connectivity index (χ3n) is 5.60. The van der Waals surface area contributed by atoms with Crippen molar-refractivity contribution < 1.29 is 0 Å². The molecule has 0 bridgehead atoms. The van der Waals surface area contributed by atoms with Gasteiger partial charge in [-0.3, -0.25) is 9.80 Å². The van der Waals surface area contributed by atoms with Crippen molar-refractivity contribution >= 4 is 0 Å². The van der Waals surface area contributed by atoms with E-state index in [1.165, 1.54) is 77.4 Å². The molecular weight excluding hydrogens is 244 g/mol. The van der Waals surface area contributed by atoms with E-state index in [0.717, 1.165) is 18.1 Å². The molecule has 3 unspecified atom stereocenters. The van der Waals surface area contributed by atoms with Crippen LogP contribution in [-0.4, -0.2) is 47.6 Å². The van der Waals surface area contributed by atoms with E-state index in [9.17, 15) is 0 Å². The molecule has 2 rings (SSSR count). The van der Waals surface area contributed by atoms with Crippen LogP contribution in [0.4, 0.5) is 0 Å². The monoisotopic (exact) mass is 280 g/mol. The van der Waals surface area contributed by atoms with Gasteiger partial charge in [0.25, 0.3) is 0 Å². The van der Waals surface area contributed by atoms with Crippen LogP contribution >= 0.6 is 0 Å². The summed E-state index contributed by atoms with van der Waals surface area (Å²) in [6.45, 7) is 11.2. The van der Waals surface area contributed by atoms with Gasteiger partial charge in [-0.15, -0.1) is 0 Å². The Morgan fingerprint density at radius 3 is 2.65 bits per heavy atom. The van der Waals surface area contributed by atoms with Crippen molar-refractivity contribution in [1.82, 2.24) is 9.80 Å². The first-order valence-electron chi connectivity index (χ1n) is 9.26. The summed E-state index contributed by atoms with van der Waals surface area (Å²) in [6, 6.07) is 2.47. The molecule has 0 aromatic rings. The molecule has 0 aliphatic carbocycles. The zero-order valence-electron chi connectivity index (χ0n) is 14.1. The summed E-state index contributed by atoms with van der Waals surface area (Å²) < 4.78 is 0. The fourth-order valence-corrected chi connectivity index (χ4v) is 4.21. The predicted molar refractivity (Wildman–Crippen MR) is 88.2 cm³/mol. The molecule has 0 radical (unpaired) electrons. The van der Waals surface area contributed by atoms with E-state index in [-0.39, 0.29) is 0 Å². The molecule has 0 spiro atoms. The fraction of sp³-hybridized carbons (Fsp3) is 1.00. The van der Waals surface area contributed by atoms with Crippen LogP contribution in [0.2, 0.25) is 0 Å². The SMILES string of the molecule is CCCCCCC(C)N1CC2CCCCN2CC1CC. The van der Waals surface area contributed by atoms with E-state index in [0.29, 0.717) is 0 Å². The van der Waals surface area contributed by atoms with Crippen LogP contribution in [-0.2, 0) is 0 Å². The number of piperidine rings is 1. The Morgan fingerprint density at radius 1 is 1.05 bits per heavy atom. The van der Waals surface area contributed by atoms with Crippen molar-refractivity contribution in [2.75, 3.05) is 19.6 Å². The van der Waals surface area contributed by atoms with Crippen molar-refractivity contribution in [1.29, 1.82) is 0 Å². The van der Waals surface area contributed by atoms with E-state index < -0.39 is 0 Å². The standard InChI is InChI=1S/C18H36N2/c1-4-6-7-8-11-16(3)20-15-18-12-9-10-13-19(18)14-17(20)5-2/h16-18H,4-15H2,1-3H3. The van der Waals surface area contributed by atoms with Crippen molar-refractivity contribution in [3.63, 3.8) is 0 Å². The predicted octanol–water partition coefficient (Wildman–Crippen LogP) is 4.29. The highest BCUT2D eigenvalue weighted by Gasteiger charge is 2.35. The molecule has 3 atom stereocenters. The van der Waals surface area contributed by atoms with E-state index >= 15 is 0 Å². The molecule has 0 saturated carbocycles. The van der Waals surface area contributed by atoms with Gasteiger partial charge in [-0.25, -0.2) is 0 Å². The van der Waals surface area contributed by atoms with Crippen molar-refractivity contribution in [3.8, 4) is 0 Å². The number of rotatable bonds is 7. The lowest BCUT2D eigenvalue weighted by Gasteiger charge is -2.50. The number of hydrogen-bond acceptors (Lipinski definition) is 2. The Bertz CT molecular complexity index is 266. The molecule has 2 fully saturated rings. The van der Waals surface area contributed by atoms with Crippen molar-refractivity contribution in [2.45, 2.75) is 96.7 Å². The highest BCUT2D eigenvalue weighted by atomic mass is 15.3. The summed E-state index contributed by atoms with van der Waals surface area (Å²) in [5.74, 6) is 0. The van der Waals surface area contributed by atoms with Gasteiger partial charge in [0.05, 0.1) is 0 Å². The fourth-order valence-electron chi connectivity index (χ4n) is 4.21. The summed E-state index contributed by atoms with van der Waals surface area (Å²) in [6.07, 6.45) is 12.7. The van der Waals surface area contributed by atoms with Gasteiger partial charge in [0.2, 0.25) is 0 Å². The number of unbranched alkanes of at least 4 members (excludes halogenated alkanes) is 3. The van der Waals surface area contributed by atoms with E-state index in [1.54, 1.807) is 0 Å². The maximum Gasteiger partial charge on any atom is 0.0224 e. The van der Waals surface area contributed by atoms with Crippen LogP contribution in [0.5, 0.6) is 0 Å². The highest BCUT2D eigenvalue weighted by molar-refractivity contribution is 4.92. The lowest BCUT2D eigenvalue weighted by molar-refractivity contribution is -0.0137. The smallest absolute Gasteiger partial charge is 0.0224 e. The molecule has 118 valence electrons. The second-order valence-corrected chi connectivity index (χ2v) is 7.10. The highest BCUT2D eigenvalue weighted by Crippen LogP contribution is 2.27. The molecule has 2 heteroatoms. The molecular formula is C18H36N2. The first kappa shape index (κ1) is 16.3. The molecule has 2 aliphatic rings.